The van der Waals surface area contributed by atoms with Crippen molar-refractivity contribution in [3.63, 3.8) is 0 Å². The fourth-order valence-electron chi connectivity index (χ4n) is 2.15. The Balaban J connectivity index is 1.71. The van der Waals surface area contributed by atoms with Crippen molar-refractivity contribution in [2.24, 2.45) is 5.92 Å². The van der Waals surface area contributed by atoms with Crippen LogP contribution < -0.4 is 0 Å². The van der Waals surface area contributed by atoms with Gasteiger partial charge in [-0.3, -0.25) is 0 Å². The van der Waals surface area contributed by atoms with E-state index >= 15 is 0 Å². The van der Waals surface area contributed by atoms with Crippen LogP contribution in [0.1, 0.15) is 12.0 Å². The number of halogens is 2. The minimum absolute atomic E-state index is 0.0276. The number of benzene rings is 1. The highest BCUT2D eigenvalue weighted by Gasteiger charge is 2.28. The van der Waals surface area contributed by atoms with E-state index in [0.717, 1.165) is 5.56 Å². The molecular formula is C14H17F2NO3. The lowest BCUT2D eigenvalue weighted by Crippen LogP contribution is -2.30. The summed E-state index contributed by atoms with van der Waals surface area (Å²) in [6, 6.07) is 9.37. The molecule has 0 saturated carbocycles. The summed E-state index contributed by atoms with van der Waals surface area (Å²) in [6.07, 6.45) is 0.251. The summed E-state index contributed by atoms with van der Waals surface area (Å²) in [7, 11) is 0. The van der Waals surface area contributed by atoms with E-state index in [1.54, 1.807) is 0 Å². The van der Waals surface area contributed by atoms with Crippen LogP contribution >= 0.6 is 0 Å². The highest BCUT2D eigenvalue weighted by molar-refractivity contribution is 5.68. The van der Waals surface area contributed by atoms with Crippen LogP contribution in [0.2, 0.25) is 0 Å². The molecule has 6 heteroatoms. The first kappa shape index (κ1) is 14.7. The van der Waals surface area contributed by atoms with Crippen LogP contribution in [0.25, 0.3) is 0 Å². The average Bonchev–Trinajstić information content (AvgIpc) is 2.92. The third-order valence-electron chi connectivity index (χ3n) is 3.21. The van der Waals surface area contributed by atoms with Gasteiger partial charge in [-0.25, -0.2) is 4.79 Å². The van der Waals surface area contributed by atoms with E-state index < -0.39 is 12.7 Å². The number of carbonyl (C=O) groups excluding carboxylic acids is 1. The van der Waals surface area contributed by atoms with Gasteiger partial charge in [-0.2, -0.15) is 8.78 Å². The zero-order valence-electron chi connectivity index (χ0n) is 11.0. The summed E-state index contributed by atoms with van der Waals surface area (Å²) in [6.45, 7) is -1.64. The Kier molecular flexibility index (Phi) is 5.29. The summed E-state index contributed by atoms with van der Waals surface area (Å²) < 4.78 is 33.3. The first-order valence-electron chi connectivity index (χ1n) is 6.50. The molecule has 20 heavy (non-hydrogen) atoms. The van der Waals surface area contributed by atoms with Crippen LogP contribution in [0.4, 0.5) is 13.6 Å². The van der Waals surface area contributed by atoms with Crippen LogP contribution in [0.5, 0.6) is 0 Å². The van der Waals surface area contributed by atoms with Gasteiger partial charge in [0.05, 0.1) is 6.61 Å². The molecule has 1 aromatic carbocycles. The number of likely N-dealkylation sites (tertiary alicyclic amines) is 1. The number of carbonyl (C=O) groups is 1. The number of alkyl halides is 2. The molecule has 4 nitrogen and oxygen atoms in total. The van der Waals surface area contributed by atoms with Gasteiger partial charge in [0.2, 0.25) is 0 Å². The molecule has 1 atom stereocenters. The molecule has 0 radical (unpaired) electrons. The molecule has 0 aromatic heterocycles. The molecule has 110 valence electrons. The van der Waals surface area contributed by atoms with Crippen molar-refractivity contribution < 1.29 is 23.0 Å². The predicted molar refractivity (Wildman–Crippen MR) is 68.3 cm³/mol. The normalized spacial score (nSPS) is 18.6. The van der Waals surface area contributed by atoms with Crippen molar-refractivity contribution in [3.05, 3.63) is 35.9 Å². The minimum atomic E-state index is -2.76. The Labute approximate surface area is 116 Å². The molecule has 1 heterocycles. The Morgan fingerprint density at radius 2 is 2.10 bits per heavy atom. The smallest absolute Gasteiger partial charge is 0.410 e. The Morgan fingerprint density at radius 1 is 1.35 bits per heavy atom. The molecule has 0 spiro atoms. The quantitative estimate of drug-likeness (QED) is 0.835. The van der Waals surface area contributed by atoms with E-state index in [2.05, 4.69) is 4.74 Å². The summed E-state index contributed by atoms with van der Waals surface area (Å²) in [4.78, 5) is 13.3. The van der Waals surface area contributed by atoms with Crippen molar-refractivity contribution in [2.75, 3.05) is 19.7 Å². The molecule has 2 rings (SSSR count). The van der Waals surface area contributed by atoms with E-state index in [9.17, 15) is 13.6 Å². The van der Waals surface area contributed by atoms with Crippen molar-refractivity contribution in [1.29, 1.82) is 0 Å². The summed E-state index contributed by atoms with van der Waals surface area (Å²) in [5.41, 5.74) is 0.914. The van der Waals surface area contributed by atoms with E-state index in [0.29, 0.717) is 19.5 Å². The van der Waals surface area contributed by atoms with Crippen molar-refractivity contribution in [3.8, 4) is 0 Å². The van der Waals surface area contributed by atoms with E-state index in [4.69, 9.17) is 4.74 Å². The molecule has 1 aromatic rings. The highest BCUT2D eigenvalue weighted by atomic mass is 19.3. The summed E-state index contributed by atoms with van der Waals surface area (Å²) >= 11 is 0. The first-order valence-corrected chi connectivity index (χ1v) is 6.50. The van der Waals surface area contributed by atoms with Gasteiger partial charge in [0, 0.05) is 19.0 Å². The lowest BCUT2D eigenvalue weighted by atomic mass is 10.1. The lowest BCUT2D eigenvalue weighted by Gasteiger charge is -2.16. The van der Waals surface area contributed by atoms with Crippen molar-refractivity contribution in [2.45, 2.75) is 19.6 Å². The average molecular weight is 285 g/mol. The minimum Gasteiger partial charge on any atom is -0.445 e. The lowest BCUT2D eigenvalue weighted by molar-refractivity contribution is -0.137. The fraction of sp³-hybridized carbons (Fsp3) is 0.500. The molecule has 0 N–H and O–H groups in total. The SMILES string of the molecule is O=C(OCc1ccccc1)N1CCC(COC(F)F)C1. The number of ether oxygens (including phenoxy) is 2. The maximum atomic E-state index is 11.9. The van der Waals surface area contributed by atoms with Gasteiger partial charge in [-0.1, -0.05) is 30.3 Å². The van der Waals surface area contributed by atoms with Crippen LogP contribution in [0.3, 0.4) is 0 Å². The molecule has 1 amide bonds. The number of hydrogen-bond donors (Lipinski definition) is 0. The maximum absolute atomic E-state index is 11.9. The molecule has 1 aliphatic heterocycles. The van der Waals surface area contributed by atoms with Gasteiger partial charge >= 0.3 is 12.7 Å². The zero-order valence-corrected chi connectivity index (χ0v) is 11.0. The van der Waals surface area contributed by atoms with Crippen LogP contribution in [0, 0.1) is 5.92 Å². The molecule has 1 aliphatic rings. The van der Waals surface area contributed by atoms with Gasteiger partial charge in [0.25, 0.3) is 0 Å². The molecule has 1 fully saturated rings. The standard InChI is InChI=1S/C14H17F2NO3/c15-13(16)19-10-12-6-7-17(8-12)14(18)20-9-11-4-2-1-3-5-11/h1-5,12-13H,6-10H2. The molecule has 1 saturated heterocycles. The van der Waals surface area contributed by atoms with E-state index in [-0.39, 0.29) is 19.1 Å². The second-order valence-electron chi connectivity index (χ2n) is 4.73. The van der Waals surface area contributed by atoms with Gasteiger partial charge < -0.3 is 14.4 Å². The number of nitrogens with zero attached hydrogens (tertiary/aromatic N) is 1. The summed E-state index contributed by atoms with van der Waals surface area (Å²) in [5.74, 6) is -0.0479. The largest absolute Gasteiger partial charge is 0.445 e. The van der Waals surface area contributed by atoms with Gasteiger partial charge in [0.1, 0.15) is 6.61 Å². The first-order chi connectivity index (χ1) is 9.65. The van der Waals surface area contributed by atoms with Crippen molar-refractivity contribution >= 4 is 6.09 Å². The monoisotopic (exact) mass is 285 g/mol. The van der Waals surface area contributed by atoms with Crippen LogP contribution in [-0.4, -0.2) is 37.3 Å². The van der Waals surface area contributed by atoms with Crippen LogP contribution in [-0.2, 0) is 16.1 Å². The van der Waals surface area contributed by atoms with E-state index in [1.807, 2.05) is 30.3 Å². The van der Waals surface area contributed by atoms with E-state index in [1.165, 1.54) is 4.90 Å². The zero-order chi connectivity index (χ0) is 14.4. The highest BCUT2D eigenvalue weighted by Crippen LogP contribution is 2.18. The number of hydrogen-bond acceptors (Lipinski definition) is 3. The molecular weight excluding hydrogens is 268 g/mol. The Bertz CT molecular complexity index is 428. The predicted octanol–water partition coefficient (Wildman–Crippen LogP) is 2.88. The molecule has 0 bridgehead atoms. The van der Waals surface area contributed by atoms with Gasteiger partial charge in [0.15, 0.2) is 0 Å². The Hall–Kier alpha value is -1.69. The molecule has 1 unspecified atom stereocenters. The second kappa shape index (κ2) is 7.19. The second-order valence-corrected chi connectivity index (χ2v) is 4.73. The third-order valence-corrected chi connectivity index (χ3v) is 3.21. The van der Waals surface area contributed by atoms with Gasteiger partial charge in [-0.05, 0) is 12.0 Å². The molecule has 0 aliphatic carbocycles. The number of amides is 1. The van der Waals surface area contributed by atoms with Crippen LogP contribution in [0.15, 0.2) is 30.3 Å². The maximum Gasteiger partial charge on any atom is 0.410 e. The van der Waals surface area contributed by atoms with Gasteiger partial charge in [-0.15, -0.1) is 0 Å². The number of rotatable bonds is 5. The summed E-state index contributed by atoms with van der Waals surface area (Å²) in [5, 5.41) is 0. The Morgan fingerprint density at radius 3 is 2.80 bits per heavy atom. The fourth-order valence-corrected chi connectivity index (χ4v) is 2.15. The van der Waals surface area contributed by atoms with Crippen molar-refractivity contribution in [1.82, 2.24) is 4.90 Å². The third kappa shape index (κ3) is 4.45. The topological polar surface area (TPSA) is 38.8 Å².